The SMILES string of the molecule is CN1CC2(CCNC(=O)C2)c2ccc(F)cc21. The Bertz CT molecular complexity index is 488. The van der Waals surface area contributed by atoms with E-state index in [1.807, 2.05) is 13.1 Å². The third-order valence-electron chi connectivity index (χ3n) is 3.91. The number of hydrogen-bond acceptors (Lipinski definition) is 2. The minimum atomic E-state index is -0.215. The van der Waals surface area contributed by atoms with Crippen molar-refractivity contribution in [2.45, 2.75) is 18.3 Å². The van der Waals surface area contributed by atoms with Crippen LogP contribution in [0.25, 0.3) is 0 Å². The van der Waals surface area contributed by atoms with Crippen LogP contribution in [-0.2, 0) is 10.2 Å². The first-order valence-corrected chi connectivity index (χ1v) is 5.89. The van der Waals surface area contributed by atoms with Gasteiger partial charge in [0.15, 0.2) is 0 Å². The summed E-state index contributed by atoms with van der Waals surface area (Å²) in [7, 11) is 1.96. The summed E-state index contributed by atoms with van der Waals surface area (Å²) in [5.74, 6) is -0.116. The number of piperidine rings is 1. The number of hydrogen-bond donors (Lipinski definition) is 1. The third kappa shape index (κ3) is 1.51. The highest BCUT2D eigenvalue weighted by atomic mass is 19.1. The molecule has 1 aromatic carbocycles. The first kappa shape index (κ1) is 10.6. The second-order valence-corrected chi connectivity index (χ2v) is 5.07. The van der Waals surface area contributed by atoms with E-state index in [-0.39, 0.29) is 17.1 Å². The van der Waals surface area contributed by atoms with Crippen molar-refractivity contribution in [1.82, 2.24) is 5.32 Å². The zero-order chi connectivity index (χ0) is 12.0. The van der Waals surface area contributed by atoms with Crippen molar-refractivity contribution in [3.8, 4) is 0 Å². The van der Waals surface area contributed by atoms with Gasteiger partial charge < -0.3 is 10.2 Å². The molecule has 0 aromatic heterocycles. The van der Waals surface area contributed by atoms with Crippen molar-refractivity contribution in [3.05, 3.63) is 29.6 Å². The van der Waals surface area contributed by atoms with E-state index in [1.54, 1.807) is 6.07 Å². The average Bonchev–Trinajstić information content (AvgIpc) is 2.51. The zero-order valence-electron chi connectivity index (χ0n) is 9.79. The Morgan fingerprint density at radius 3 is 3.06 bits per heavy atom. The maximum atomic E-state index is 13.3. The molecule has 0 saturated carbocycles. The summed E-state index contributed by atoms with van der Waals surface area (Å²) in [4.78, 5) is 13.7. The molecule has 1 saturated heterocycles. The van der Waals surface area contributed by atoms with Gasteiger partial charge in [0.25, 0.3) is 0 Å². The molecule has 1 amide bonds. The lowest BCUT2D eigenvalue weighted by Gasteiger charge is -2.33. The Labute approximate surface area is 99.6 Å². The summed E-state index contributed by atoms with van der Waals surface area (Å²) in [6.07, 6.45) is 1.44. The molecule has 2 aliphatic rings. The molecule has 2 heterocycles. The molecule has 1 aromatic rings. The summed E-state index contributed by atoms with van der Waals surface area (Å²) in [5, 5.41) is 2.86. The summed E-state index contributed by atoms with van der Waals surface area (Å²) >= 11 is 0. The van der Waals surface area contributed by atoms with E-state index in [1.165, 1.54) is 6.07 Å². The van der Waals surface area contributed by atoms with Crippen LogP contribution in [0.5, 0.6) is 0 Å². The van der Waals surface area contributed by atoms with E-state index in [0.29, 0.717) is 13.0 Å². The number of fused-ring (bicyclic) bond motifs is 2. The number of nitrogens with zero attached hydrogens (tertiary/aromatic N) is 1. The summed E-state index contributed by atoms with van der Waals surface area (Å²) in [6, 6.07) is 4.90. The van der Waals surface area contributed by atoms with Crippen molar-refractivity contribution in [1.29, 1.82) is 0 Å². The highest BCUT2D eigenvalue weighted by Crippen LogP contribution is 2.45. The van der Waals surface area contributed by atoms with Gasteiger partial charge in [0.2, 0.25) is 5.91 Å². The fourth-order valence-corrected chi connectivity index (χ4v) is 3.16. The van der Waals surface area contributed by atoms with Crippen LogP contribution in [0.2, 0.25) is 0 Å². The summed E-state index contributed by atoms with van der Waals surface area (Å²) < 4.78 is 13.3. The van der Waals surface area contributed by atoms with E-state index in [2.05, 4.69) is 10.2 Å². The van der Waals surface area contributed by atoms with Crippen molar-refractivity contribution >= 4 is 11.6 Å². The van der Waals surface area contributed by atoms with Crippen LogP contribution >= 0.6 is 0 Å². The molecule has 4 heteroatoms. The molecule has 1 N–H and O–H groups in total. The number of nitrogens with one attached hydrogen (secondary N) is 1. The normalized spacial score (nSPS) is 27.2. The number of amides is 1. The largest absolute Gasteiger partial charge is 0.373 e. The Kier molecular flexibility index (Phi) is 2.15. The minimum absolute atomic E-state index is 0.0989. The van der Waals surface area contributed by atoms with Gasteiger partial charge in [0.1, 0.15) is 5.82 Å². The molecule has 17 heavy (non-hydrogen) atoms. The standard InChI is InChI=1S/C13H15FN2O/c1-16-8-13(4-5-15-12(17)7-13)10-3-2-9(14)6-11(10)16/h2-3,6H,4-5,7-8H2,1H3,(H,15,17). The zero-order valence-corrected chi connectivity index (χ0v) is 9.79. The van der Waals surface area contributed by atoms with Gasteiger partial charge >= 0.3 is 0 Å². The number of rotatable bonds is 0. The second kappa shape index (κ2) is 3.45. The predicted octanol–water partition coefficient (Wildman–Crippen LogP) is 1.42. The molecule has 0 radical (unpaired) electrons. The van der Waals surface area contributed by atoms with Crippen molar-refractivity contribution in [2.24, 2.45) is 0 Å². The van der Waals surface area contributed by atoms with Gasteiger partial charge in [-0.3, -0.25) is 4.79 Å². The number of likely N-dealkylation sites (N-methyl/N-ethyl adjacent to an activating group) is 1. The molecular weight excluding hydrogens is 219 g/mol. The Balaban J connectivity index is 2.08. The number of anilines is 1. The van der Waals surface area contributed by atoms with E-state index < -0.39 is 0 Å². The van der Waals surface area contributed by atoms with E-state index in [4.69, 9.17) is 0 Å². The van der Waals surface area contributed by atoms with Gasteiger partial charge in [-0.05, 0) is 24.1 Å². The van der Waals surface area contributed by atoms with Gasteiger partial charge in [0, 0.05) is 37.7 Å². The van der Waals surface area contributed by atoms with E-state index >= 15 is 0 Å². The van der Waals surface area contributed by atoms with Gasteiger partial charge in [-0.25, -0.2) is 4.39 Å². The van der Waals surface area contributed by atoms with Crippen LogP contribution in [0, 0.1) is 5.82 Å². The molecular formula is C13H15FN2O. The third-order valence-corrected chi connectivity index (χ3v) is 3.91. The van der Waals surface area contributed by atoms with Crippen LogP contribution in [0.1, 0.15) is 18.4 Å². The first-order valence-electron chi connectivity index (χ1n) is 5.89. The molecule has 3 nitrogen and oxygen atoms in total. The van der Waals surface area contributed by atoms with Crippen LogP contribution < -0.4 is 10.2 Å². The number of halogens is 1. The summed E-state index contributed by atoms with van der Waals surface area (Å²) in [6.45, 7) is 1.52. The highest BCUT2D eigenvalue weighted by Gasteiger charge is 2.44. The lowest BCUT2D eigenvalue weighted by Crippen LogP contribution is -2.45. The lowest BCUT2D eigenvalue weighted by atomic mass is 9.74. The number of carbonyl (C=O) groups is 1. The minimum Gasteiger partial charge on any atom is -0.373 e. The van der Waals surface area contributed by atoms with Gasteiger partial charge in [-0.2, -0.15) is 0 Å². The Morgan fingerprint density at radius 1 is 1.47 bits per heavy atom. The second-order valence-electron chi connectivity index (χ2n) is 5.07. The van der Waals surface area contributed by atoms with Crippen LogP contribution in [-0.4, -0.2) is 26.0 Å². The van der Waals surface area contributed by atoms with Crippen LogP contribution in [0.4, 0.5) is 10.1 Å². The quantitative estimate of drug-likeness (QED) is 0.736. The van der Waals surface area contributed by atoms with Gasteiger partial charge in [0.05, 0.1) is 0 Å². The molecule has 90 valence electrons. The smallest absolute Gasteiger partial charge is 0.220 e. The molecule has 3 rings (SSSR count). The molecule has 1 spiro atoms. The number of benzene rings is 1. The topological polar surface area (TPSA) is 32.3 Å². The van der Waals surface area contributed by atoms with Crippen molar-refractivity contribution in [2.75, 3.05) is 25.0 Å². The molecule has 2 aliphatic heterocycles. The van der Waals surface area contributed by atoms with Gasteiger partial charge in [-0.15, -0.1) is 0 Å². The maximum Gasteiger partial charge on any atom is 0.220 e. The fraction of sp³-hybridized carbons (Fsp3) is 0.462. The van der Waals surface area contributed by atoms with Crippen molar-refractivity contribution < 1.29 is 9.18 Å². The Morgan fingerprint density at radius 2 is 2.29 bits per heavy atom. The molecule has 0 aliphatic carbocycles. The van der Waals surface area contributed by atoms with E-state index in [9.17, 15) is 9.18 Å². The monoisotopic (exact) mass is 234 g/mol. The maximum absolute atomic E-state index is 13.3. The summed E-state index contributed by atoms with van der Waals surface area (Å²) in [5.41, 5.74) is 1.94. The van der Waals surface area contributed by atoms with Crippen LogP contribution in [0.3, 0.4) is 0 Å². The Hall–Kier alpha value is -1.58. The lowest BCUT2D eigenvalue weighted by molar-refractivity contribution is -0.123. The average molecular weight is 234 g/mol. The van der Waals surface area contributed by atoms with E-state index in [0.717, 1.165) is 24.2 Å². The molecule has 1 unspecified atom stereocenters. The fourth-order valence-electron chi connectivity index (χ4n) is 3.16. The van der Waals surface area contributed by atoms with Crippen molar-refractivity contribution in [3.63, 3.8) is 0 Å². The number of carbonyl (C=O) groups excluding carboxylic acids is 1. The van der Waals surface area contributed by atoms with Crippen LogP contribution in [0.15, 0.2) is 18.2 Å². The first-order chi connectivity index (χ1) is 8.11. The predicted molar refractivity (Wildman–Crippen MR) is 63.6 cm³/mol. The molecule has 1 fully saturated rings. The van der Waals surface area contributed by atoms with Gasteiger partial charge in [-0.1, -0.05) is 6.07 Å². The molecule has 1 atom stereocenters. The molecule has 0 bridgehead atoms. The highest BCUT2D eigenvalue weighted by molar-refractivity contribution is 5.80.